The molecule has 3 rings (SSSR count). The Bertz CT molecular complexity index is 778. The first-order valence-corrected chi connectivity index (χ1v) is 9.90. The van der Waals surface area contributed by atoms with Crippen molar-refractivity contribution in [3.8, 4) is 0 Å². The number of nitrogens with one attached hydrogen (secondary N) is 2. The van der Waals surface area contributed by atoms with Gasteiger partial charge < -0.3 is 15.5 Å². The second kappa shape index (κ2) is 9.92. The van der Waals surface area contributed by atoms with Gasteiger partial charge in [-0.15, -0.1) is 0 Å². The Morgan fingerprint density at radius 1 is 1.21 bits per heavy atom. The van der Waals surface area contributed by atoms with E-state index in [0.717, 1.165) is 45.0 Å². The molecule has 1 fully saturated rings. The van der Waals surface area contributed by atoms with Crippen LogP contribution in [0, 0.1) is 5.92 Å². The highest BCUT2D eigenvalue weighted by Crippen LogP contribution is 2.20. The minimum atomic E-state index is 0.134. The van der Waals surface area contributed by atoms with E-state index in [0.29, 0.717) is 12.3 Å². The molecule has 1 aromatic carbocycles. The second-order valence-corrected chi connectivity index (χ2v) is 7.18. The molecule has 150 valence electrons. The van der Waals surface area contributed by atoms with E-state index in [1.807, 2.05) is 24.0 Å². The highest BCUT2D eigenvalue weighted by Gasteiger charge is 2.23. The van der Waals surface area contributed by atoms with Gasteiger partial charge in [-0.1, -0.05) is 24.3 Å². The largest absolute Gasteiger partial charge is 0.359 e. The average Bonchev–Trinajstić information content (AvgIpc) is 3.23. The van der Waals surface area contributed by atoms with E-state index in [9.17, 15) is 4.79 Å². The summed E-state index contributed by atoms with van der Waals surface area (Å²) in [5, 5.41) is 10.5. The van der Waals surface area contributed by atoms with Crippen LogP contribution in [-0.2, 0) is 17.9 Å². The van der Waals surface area contributed by atoms with Crippen LogP contribution in [0.5, 0.6) is 0 Å². The molecule has 1 aliphatic rings. The molecule has 0 bridgehead atoms. The second-order valence-electron chi connectivity index (χ2n) is 7.18. The molecular formula is C21H30N6O. The first kappa shape index (κ1) is 19.9. The lowest BCUT2D eigenvalue weighted by atomic mass is 9.93. The van der Waals surface area contributed by atoms with E-state index in [4.69, 9.17) is 0 Å². The monoisotopic (exact) mass is 382 g/mol. The van der Waals surface area contributed by atoms with Gasteiger partial charge in [0.25, 0.3) is 0 Å². The lowest BCUT2D eigenvalue weighted by Crippen LogP contribution is -2.45. The molecule has 0 unspecified atom stereocenters. The van der Waals surface area contributed by atoms with Crippen LogP contribution in [0.3, 0.4) is 0 Å². The Morgan fingerprint density at radius 3 is 2.61 bits per heavy atom. The van der Waals surface area contributed by atoms with Gasteiger partial charge in [-0.05, 0) is 36.0 Å². The molecule has 7 nitrogen and oxygen atoms in total. The van der Waals surface area contributed by atoms with E-state index in [2.05, 4.69) is 49.9 Å². The zero-order chi connectivity index (χ0) is 19.8. The number of hydrogen-bond donors (Lipinski definition) is 2. The average molecular weight is 383 g/mol. The highest BCUT2D eigenvalue weighted by molar-refractivity contribution is 5.80. The summed E-state index contributed by atoms with van der Waals surface area (Å²) in [5.41, 5.74) is 2.49. The number of rotatable bonds is 6. The number of aliphatic imine (C=N–C) groups is 1. The van der Waals surface area contributed by atoms with E-state index >= 15 is 0 Å². The fraction of sp³-hybridized carbons (Fsp3) is 0.476. The molecule has 0 saturated carbocycles. The lowest BCUT2D eigenvalue weighted by molar-refractivity contribution is -0.121. The van der Waals surface area contributed by atoms with Crippen molar-refractivity contribution in [2.45, 2.75) is 32.4 Å². The Morgan fingerprint density at radius 2 is 1.96 bits per heavy atom. The number of piperidine rings is 1. The summed E-state index contributed by atoms with van der Waals surface area (Å²) < 4.78 is 1.94. The van der Waals surface area contributed by atoms with Crippen LogP contribution in [0.25, 0.3) is 0 Å². The molecule has 2 heterocycles. The highest BCUT2D eigenvalue weighted by atomic mass is 16.1. The number of likely N-dealkylation sites (tertiary alicyclic amines) is 1. The summed E-state index contributed by atoms with van der Waals surface area (Å²) in [5.74, 6) is 1.52. The summed E-state index contributed by atoms with van der Waals surface area (Å²) >= 11 is 0. The van der Waals surface area contributed by atoms with Crippen molar-refractivity contribution in [1.29, 1.82) is 0 Å². The molecule has 2 N–H and O–H groups in total. The lowest BCUT2D eigenvalue weighted by Gasteiger charge is -2.34. The van der Waals surface area contributed by atoms with E-state index in [1.165, 1.54) is 11.1 Å². The molecule has 2 aromatic rings. The van der Waals surface area contributed by atoms with Gasteiger partial charge in [0, 0.05) is 52.5 Å². The van der Waals surface area contributed by atoms with Crippen molar-refractivity contribution in [2.24, 2.45) is 10.9 Å². The third kappa shape index (κ3) is 5.34. The summed E-state index contributed by atoms with van der Waals surface area (Å²) in [6, 6.07) is 10.4. The van der Waals surface area contributed by atoms with Gasteiger partial charge in [-0.25, -0.2) is 0 Å². The van der Waals surface area contributed by atoms with E-state index in [1.54, 1.807) is 13.2 Å². The topological polar surface area (TPSA) is 74.5 Å². The maximum atomic E-state index is 11.6. The normalized spacial score (nSPS) is 15.5. The van der Waals surface area contributed by atoms with Gasteiger partial charge in [0.1, 0.15) is 0 Å². The van der Waals surface area contributed by atoms with Crippen LogP contribution in [0.15, 0.2) is 47.7 Å². The SMILES string of the molecule is CN=C(NCc1ccccc1Cn1cccn1)N1CCC(CC(=O)NC)CC1. The first-order chi connectivity index (χ1) is 13.7. The molecule has 0 aliphatic carbocycles. The van der Waals surface area contributed by atoms with Crippen LogP contribution in [0.2, 0.25) is 0 Å². The van der Waals surface area contributed by atoms with Gasteiger partial charge in [0.2, 0.25) is 5.91 Å². The standard InChI is InChI=1S/C21H30N6O/c1-22-20(28)14-17-8-12-26(13-9-17)21(23-2)24-15-18-6-3-4-7-19(18)16-27-11-5-10-25-27/h3-7,10-11,17H,8-9,12-16H2,1-2H3,(H,22,28)(H,23,24). The molecule has 28 heavy (non-hydrogen) atoms. The summed E-state index contributed by atoms with van der Waals surface area (Å²) in [6.45, 7) is 3.34. The van der Waals surface area contributed by atoms with Crippen LogP contribution in [0.1, 0.15) is 30.4 Å². The van der Waals surface area contributed by atoms with Gasteiger partial charge >= 0.3 is 0 Å². The van der Waals surface area contributed by atoms with Crippen molar-refractivity contribution < 1.29 is 4.79 Å². The quantitative estimate of drug-likeness (QED) is 0.591. The molecule has 7 heteroatoms. The zero-order valence-electron chi connectivity index (χ0n) is 16.8. The molecule has 1 aliphatic heterocycles. The molecule has 1 aromatic heterocycles. The third-order valence-corrected chi connectivity index (χ3v) is 5.33. The van der Waals surface area contributed by atoms with Gasteiger partial charge in [0.05, 0.1) is 6.54 Å². The van der Waals surface area contributed by atoms with Crippen LogP contribution < -0.4 is 10.6 Å². The molecule has 0 radical (unpaired) electrons. The van der Waals surface area contributed by atoms with Crippen molar-refractivity contribution in [1.82, 2.24) is 25.3 Å². The molecule has 1 amide bonds. The first-order valence-electron chi connectivity index (χ1n) is 9.90. The maximum Gasteiger partial charge on any atom is 0.220 e. The summed E-state index contributed by atoms with van der Waals surface area (Å²) in [6.07, 6.45) is 6.44. The predicted octanol–water partition coefficient (Wildman–Crippen LogP) is 1.85. The number of amides is 1. The smallest absolute Gasteiger partial charge is 0.220 e. The Hall–Kier alpha value is -2.83. The van der Waals surface area contributed by atoms with Crippen LogP contribution >= 0.6 is 0 Å². The summed E-state index contributed by atoms with van der Waals surface area (Å²) in [4.78, 5) is 18.3. The number of hydrogen-bond acceptors (Lipinski definition) is 3. The van der Waals surface area contributed by atoms with Crippen molar-refractivity contribution in [2.75, 3.05) is 27.2 Å². The van der Waals surface area contributed by atoms with Crippen LogP contribution in [-0.4, -0.2) is 53.7 Å². The predicted molar refractivity (Wildman–Crippen MR) is 111 cm³/mol. The van der Waals surface area contributed by atoms with Gasteiger partial charge in [-0.2, -0.15) is 5.10 Å². The van der Waals surface area contributed by atoms with E-state index < -0.39 is 0 Å². The van der Waals surface area contributed by atoms with Gasteiger partial charge in [-0.3, -0.25) is 14.5 Å². The number of carbonyl (C=O) groups excluding carboxylic acids is 1. The number of carbonyl (C=O) groups is 1. The number of benzene rings is 1. The number of aromatic nitrogens is 2. The van der Waals surface area contributed by atoms with Crippen molar-refractivity contribution >= 4 is 11.9 Å². The van der Waals surface area contributed by atoms with Gasteiger partial charge in [0.15, 0.2) is 5.96 Å². The molecule has 0 spiro atoms. The maximum absolute atomic E-state index is 11.6. The van der Waals surface area contributed by atoms with Crippen LogP contribution in [0.4, 0.5) is 0 Å². The molecular weight excluding hydrogens is 352 g/mol. The Labute approximate surface area is 166 Å². The minimum Gasteiger partial charge on any atom is -0.359 e. The molecule has 1 saturated heterocycles. The minimum absolute atomic E-state index is 0.134. The Kier molecular flexibility index (Phi) is 7.06. The summed E-state index contributed by atoms with van der Waals surface area (Å²) in [7, 11) is 3.53. The van der Waals surface area contributed by atoms with Crippen molar-refractivity contribution in [3.63, 3.8) is 0 Å². The Balaban J connectivity index is 1.55. The van der Waals surface area contributed by atoms with Crippen molar-refractivity contribution in [3.05, 3.63) is 53.9 Å². The fourth-order valence-electron chi connectivity index (χ4n) is 3.67. The van der Waals surface area contributed by atoms with E-state index in [-0.39, 0.29) is 5.91 Å². The third-order valence-electron chi connectivity index (χ3n) is 5.33. The number of guanidine groups is 1. The molecule has 0 atom stereocenters. The fourth-order valence-corrected chi connectivity index (χ4v) is 3.67. The zero-order valence-corrected chi connectivity index (χ0v) is 16.8. The number of nitrogens with zero attached hydrogens (tertiary/aromatic N) is 4.